The molecule has 164 valence electrons. The predicted octanol–water partition coefficient (Wildman–Crippen LogP) is 4.12. The average molecular weight is 452 g/mol. The molecule has 0 aliphatic carbocycles. The number of carbonyl (C=O) groups is 3. The number of nitrogens with zero attached hydrogens (tertiary/aromatic N) is 3. The maximum Gasteiger partial charge on any atom is 0.333 e. The normalized spacial score (nSPS) is 14.5. The molecule has 7 nitrogen and oxygen atoms in total. The third-order valence-electron chi connectivity index (χ3n) is 5.49. The standard InChI is InChI=1S/C24H22ClN3O4/c1-15-12-17(8-9-20(15)25)32-11-10-28-14-16(18-6-4-5-7-21(18)28)13-19-22(29)26(2)24(31)27(3)23(19)30/h4-9,12-14H,10-11H2,1-3H3. The number of amides is 4. The van der Waals surface area contributed by atoms with Crippen LogP contribution in [-0.4, -0.2) is 52.9 Å². The molecule has 1 aromatic heterocycles. The number of carbonyl (C=O) groups excluding carboxylic acids is 3. The Morgan fingerprint density at radius 1 is 1.00 bits per heavy atom. The van der Waals surface area contributed by atoms with Gasteiger partial charge >= 0.3 is 6.03 Å². The van der Waals surface area contributed by atoms with Crippen LogP contribution in [0.1, 0.15) is 11.1 Å². The average Bonchev–Trinajstić information content (AvgIpc) is 3.14. The van der Waals surface area contributed by atoms with E-state index in [9.17, 15) is 14.4 Å². The van der Waals surface area contributed by atoms with Crippen LogP contribution >= 0.6 is 11.6 Å². The molecule has 1 aliphatic rings. The second kappa shape index (κ2) is 8.51. The third-order valence-corrected chi connectivity index (χ3v) is 5.92. The van der Waals surface area contributed by atoms with Crippen molar-refractivity contribution in [2.75, 3.05) is 20.7 Å². The van der Waals surface area contributed by atoms with Crippen LogP contribution in [0.4, 0.5) is 4.79 Å². The van der Waals surface area contributed by atoms with Gasteiger partial charge in [0.25, 0.3) is 11.8 Å². The molecular formula is C24H22ClN3O4. The minimum Gasteiger partial charge on any atom is -0.492 e. The van der Waals surface area contributed by atoms with E-state index in [0.717, 1.165) is 37.6 Å². The Morgan fingerprint density at radius 3 is 2.38 bits per heavy atom. The number of aromatic nitrogens is 1. The summed E-state index contributed by atoms with van der Waals surface area (Å²) in [6.45, 7) is 2.91. The molecule has 0 bridgehead atoms. The molecule has 2 aromatic carbocycles. The molecule has 0 saturated carbocycles. The fraction of sp³-hybridized carbons (Fsp3) is 0.208. The molecule has 1 fully saturated rings. The lowest BCUT2D eigenvalue weighted by molar-refractivity contribution is -0.134. The van der Waals surface area contributed by atoms with Crippen LogP contribution < -0.4 is 4.74 Å². The summed E-state index contributed by atoms with van der Waals surface area (Å²) in [5.74, 6) is -0.493. The van der Waals surface area contributed by atoms with Crippen molar-refractivity contribution in [2.24, 2.45) is 0 Å². The monoisotopic (exact) mass is 451 g/mol. The van der Waals surface area contributed by atoms with Crippen LogP contribution in [0.15, 0.2) is 54.2 Å². The molecule has 3 aromatic rings. The second-order valence-electron chi connectivity index (χ2n) is 7.62. The van der Waals surface area contributed by atoms with Crippen molar-refractivity contribution in [3.05, 3.63) is 70.4 Å². The minimum atomic E-state index is -0.644. The first-order valence-electron chi connectivity index (χ1n) is 10.1. The Hall–Kier alpha value is -3.58. The quantitative estimate of drug-likeness (QED) is 0.432. The van der Waals surface area contributed by atoms with Gasteiger partial charge in [0, 0.05) is 41.8 Å². The van der Waals surface area contributed by atoms with Gasteiger partial charge in [-0.05, 0) is 42.8 Å². The van der Waals surface area contributed by atoms with E-state index in [1.807, 2.05) is 54.1 Å². The fourth-order valence-electron chi connectivity index (χ4n) is 3.67. The van der Waals surface area contributed by atoms with Gasteiger partial charge in [0.2, 0.25) is 0 Å². The first kappa shape index (κ1) is 21.6. The Labute approximate surface area is 190 Å². The number of aryl methyl sites for hydroxylation is 1. The van der Waals surface area contributed by atoms with E-state index in [2.05, 4.69) is 0 Å². The highest BCUT2D eigenvalue weighted by atomic mass is 35.5. The highest BCUT2D eigenvalue weighted by Gasteiger charge is 2.37. The van der Waals surface area contributed by atoms with Crippen LogP contribution in [0.5, 0.6) is 5.75 Å². The van der Waals surface area contributed by atoms with E-state index in [-0.39, 0.29) is 5.57 Å². The molecule has 4 amide bonds. The molecule has 2 heterocycles. The largest absolute Gasteiger partial charge is 0.492 e. The SMILES string of the molecule is Cc1cc(OCCn2cc(C=C3C(=O)N(C)C(=O)N(C)C3=O)c3ccccc32)ccc1Cl. The van der Waals surface area contributed by atoms with Gasteiger partial charge in [-0.15, -0.1) is 0 Å². The number of imide groups is 2. The van der Waals surface area contributed by atoms with Gasteiger partial charge in [0.15, 0.2) is 0 Å². The number of hydrogen-bond acceptors (Lipinski definition) is 4. The lowest BCUT2D eigenvalue weighted by Crippen LogP contribution is -2.52. The Kier molecular flexibility index (Phi) is 5.76. The Balaban J connectivity index is 1.62. The van der Waals surface area contributed by atoms with E-state index in [1.54, 1.807) is 12.1 Å². The third kappa shape index (κ3) is 3.87. The number of fused-ring (bicyclic) bond motifs is 1. The number of benzene rings is 2. The maximum atomic E-state index is 12.6. The van der Waals surface area contributed by atoms with Crippen LogP contribution in [0, 0.1) is 6.92 Å². The van der Waals surface area contributed by atoms with Crippen LogP contribution in [0.25, 0.3) is 17.0 Å². The maximum absolute atomic E-state index is 12.6. The van der Waals surface area contributed by atoms with Gasteiger partial charge in [0.05, 0.1) is 6.54 Å². The summed E-state index contributed by atoms with van der Waals surface area (Å²) in [6, 6.07) is 12.6. The van der Waals surface area contributed by atoms with Gasteiger partial charge in [-0.1, -0.05) is 29.8 Å². The van der Waals surface area contributed by atoms with E-state index >= 15 is 0 Å². The second-order valence-corrected chi connectivity index (χ2v) is 8.03. The number of hydrogen-bond donors (Lipinski definition) is 0. The van der Waals surface area contributed by atoms with Crippen molar-refractivity contribution in [1.82, 2.24) is 14.4 Å². The Morgan fingerprint density at radius 2 is 1.69 bits per heavy atom. The number of para-hydroxylation sites is 1. The number of likely N-dealkylation sites (N-methyl/N-ethyl adjacent to an activating group) is 2. The lowest BCUT2D eigenvalue weighted by atomic mass is 10.1. The summed E-state index contributed by atoms with van der Waals surface area (Å²) in [7, 11) is 2.72. The van der Waals surface area contributed by atoms with Crippen LogP contribution in [-0.2, 0) is 16.1 Å². The molecule has 4 rings (SSSR count). The van der Waals surface area contributed by atoms with Crippen molar-refractivity contribution in [1.29, 1.82) is 0 Å². The number of barbiturate groups is 1. The molecule has 0 unspecified atom stereocenters. The van der Waals surface area contributed by atoms with Crippen LogP contribution in [0.2, 0.25) is 5.02 Å². The zero-order valence-electron chi connectivity index (χ0n) is 18.0. The number of urea groups is 1. The first-order chi connectivity index (χ1) is 15.3. The lowest BCUT2D eigenvalue weighted by Gasteiger charge is -2.28. The van der Waals surface area contributed by atoms with Crippen molar-refractivity contribution >= 4 is 46.4 Å². The highest BCUT2D eigenvalue weighted by molar-refractivity contribution is 6.31. The molecule has 8 heteroatoms. The van der Waals surface area contributed by atoms with Crippen molar-refractivity contribution in [3.63, 3.8) is 0 Å². The molecule has 1 aliphatic heterocycles. The van der Waals surface area contributed by atoms with Gasteiger partial charge < -0.3 is 9.30 Å². The van der Waals surface area contributed by atoms with E-state index in [4.69, 9.17) is 16.3 Å². The summed E-state index contributed by atoms with van der Waals surface area (Å²) in [6.07, 6.45) is 3.43. The van der Waals surface area contributed by atoms with Crippen molar-refractivity contribution < 1.29 is 19.1 Å². The molecule has 0 N–H and O–H groups in total. The summed E-state index contributed by atoms with van der Waals surface area (Å²) in [4.78, 5) is 39.0. The van der Waals surface area contributed by atoms with Crippen molar-refractivity contribution in [3.8, 4) is 5.75 Å². The molecule has 1 saturated heterocycles. The van der Waals surface area contributed by atoms with Crippen molar-refractivity contribution in [2.45, 2.75) is 13.5 Å². The summed E-state index contributed by atoms with van der Waals surface area (Å²) in [5.41, 5.74) is 2.56. The molecule has 32 heavy (non-hydrogen) atoms. The summed E-state index contributed by atoms with van der Waals surface area (Å²) in [5, 5.41) is 1.58. The first-order valence-corrected chi connectivity index (χ1v) is 10.4. The zero-order valence-corrected chi connectivity index (χ0v) is 18.7. The topological polar surface area (TPSA) is 71.8 Å². The smallest absolute Gasteiger partial charge is 0.333 e. The van der Waals surface area contributed by atoms with Crippen LogP contribution in [0.3, 0.4) is 0 Å². The zero-order chi connectivity index (χ0) is 23.0. The Bertz CT molecular complexity index is 1250. The van der Waals surface area contributed by atoms with Gasteiger partial charge in [0.1, 0.15) is 17.9 Å². The minimum absolute atomic E-state index is 0.0506. The highest BCUT2D eigenvalue weighted by Crippen LogP contribution is 2.26. The van der Waals surface area contributed by atoms with Gasteiger partial charge in [-0.3, -0.25) is 19.4 Å². The van der Waals surface area contributed by atoms with E-state index in [1.165, 1.54) is 14.1 Å². The predicted molar refractivity (Wildman–Crippen MR) is 123 cm³/mol. The molecule has 0 atom stereocenters. The van der Waals surface area contributed by atoms with E-state index < -0.39 is 17.8 Å². The molecule has 0 spiro atoms. The number of ether oxygens (including phenoxy) is 1. The number of halogens is 1. The summed E-state index contributed by atoms with van der Waals surface area (Å²) >= 11 is 6.07. The molecular weight excluding hydrogens is 430 g/mol. The van der Waals surface area contributed by atoms with E-state index in [0.29, 0.717) is 18.2 Å². The fourth-order valence-corrected chi connectivity index (χ4v) is 3.79. The summed E-state index contributed by atoms with van der Waals surface area (Å²) < 4.78 is 7.89. The molecule has 0 radical (unpaired) electrons. The van der Waals surface area contributed by atoms with Gasteiger partial charge in [-0.25, -0.2) is 4.79 Å². The van der Waals surface area contributed by atoms with Gasteiger partial charge in [-0.2, -0.15) is 0 Å². The number of rotatable bonds is 5.